The normalized spacial score (nSPS) is 24.1. The molecule has 0 amide bonds. The van der Waals surface area contributed by atoms with E-state index in [0.29, 0.717) is 0 Å². The van der Waals surface area contributed by atoms with Gasteiger partial charge >= 0.3 is 0 Å². The molecule has 0 aromatic heterocycles. The fourth-order valence-corrected chi connectivity index (χ4v) is 3.72. The molecule has 2 atom stereocenters. The Morgan fingerprint density at radius 2 is 2.06 bits per heavy atom. The van der Waals surface area contributed by atoms with Crippen LogP contribution in [0.2, 0.25) is 0 Å². The molecule has 0 aliphatic heterocycles. The Labute approximate surface area is 109 Å². The predicted molar refractivity (Wildman–Crippen MR) is 77.7 cm³/mol. The second-order valence-corrected chi connectivity index (χ2v) is 6.35. The average molecular weight is 249 g/mol. The van der Waals surface area contributed by atoms with Crippen LogP contribution in [-0.2, 0) is 6.42 Å². The fraction of sp³-hybridized carbons (Fsp3) is 0.600. The van der Waals surface area contributed by atoms with Crippen LogP contribution in [0.5, 0.6) is 0 Å². The van der Waals surface area contributed by atoms with E-state index in [1.165, 1.54) is 30.6 Å². The van der Waals surface area contributed by atoms with E-state index in [4.69, 9.17) is 0 Å². The first-order valence-electron chi connectivity index (χ1n) is 6.77. The van der Waals surface area contributed by atoms with Crippen LogP contribution in [0.4, 0.5) is 0 Å². The van der Waals surface area contributed by atoms with Gasteiger partial charge in [0, 0.05) is 11.3 Å². The van der Waals surface area contributed by atoms with E-state index in [-0.39, 0.29) is 0 Å². The first-order valence-corrected chi connectivity index (χ1v) is 7.82. The number of rotatable bonds is 6. The molecular weight excluding hydrogens is 226 g/mol. The number of hydrogen-bond acceptors (Lipinski definition) is 2. The Morgan fingerprint density at radius 3 is 2.82 bits per heavy atom. The topological polar surface area (TPSA) is 12.0 Å². The zero-order valence-electron chi connectivity index (χ0n) is 10.7. The third-order valence-corrected chi connectivity index (χ3v) is 4.71. The van der Waals surface area contributed by atoms with E-state index in [0.717, 1.165) is 24.3 Å². The van der Waals surface area contributed by atoms with Crippen LogP contribution in [0.15, 0.2) is 30.3 Å². The highest BCUT2D eigenvalue weighted by molar-refractivity contribution is 7.99. The van der Waals surface area contributed by atoms with Gasteiger partial charge in [-0.3, -0.25) is 0 Å². The lowest BCUT2D eigenvalue weighted by atomic mass is 10.1. The zero-order chi connectivity index (χ0) is 11.9. The average Bonchev–Trinajstić information content (AvgIpc) is 2.79. The van der Waals surface area contributed by atoms with Crippen LogP contribution in [0.25, 0.3) is 0 Å². The summed E-state index contributed by atoms with van der Waals surface area (Å²) < 4.78 is 0. The minimum atomic E-state index is 0.766. The molecule has 1 nitrogen and oxygen atoms in total. The molecule has 94 valence electrons. The van der Waals surface area contributed by atoms with Crippen molar-refractivity contribution in [3.63, 3.8) is 0 Å². The van der Waals surface area contributed by atoms with Crippen molar-refractivity contribution in [2.24, 2.45) is 0 Å². The Morgan fingerprint density at radius 1 is 1.24 bits per heavy atom. The second-order valence-electron chi connectivity index (χ2n) is 4.78. The van der Waals surface area contributed by atoms with Crippen molar-refractivity contribution >= 4 is 11.8 Å². The van der Waals surface area contributed by atoms with Crippen molar-refractivity contribution in [2.75, 3.05) is 12.3 Å². The number of thioether (sulfide) groups is 1. The Balaban J connectivity index is 1.63. The van der Waals surface area contributed by atoms with Crippen molar-refractivity contribution in [3.8, 4) is 0 Å². The molecule has 0 heterocycles. The molecule has 2 rings (SSSR count). The molecule has 1 aliphatic carbocycles. The van der Waals surface area contributed by atoms with Gasteiger partial charge in [0.25, 0.3) is 0 Å². The van der Waals surface area contributed by atoms with Crippen LogP contribution in [0, 0.1) is 0 Å². The highest BCUT2D eigenvalue weighted by atomic mass is 32.2. The van der Waals surface area contributed by atoms with Gasteiger partial charge in [0.1, 0.15) is 0 Å². The van der Waals surface area contributed by atoms with Crippen LogP contribution < -0.4 is 5.32 Å². The summed E-state index contributed by atoms with van der Waals surface area (Å²) in [5, 5.41) is 4.62. The van der Waals surface area contributed by atoms with Gasteiger partial charge in [0.2, 0.25) is 0 Å². The fourth-order valence-electron chi connectivity index (χ4n) is 2.58. The van der Waals surface area contributed by atoms with Crippen molar-refractivity contribution in [3.05, 3.63) is 35.9 Å². The van der Waals surface area contributed by atoms with Gasteiger partial charge in [-0.1, -0.05) is 37.3 Å². The molecule has 0 saturated heterocycles. The minimum Gasteiger partial charge on any atom is -0.314 e. The van der Waals surface area contributed by atoms with E-state index < -0.39 is 0 Å². The highest BCUT2D eigenvalue weighted by Crippen LogP contribution is 2.29. The van der Waals surface area contributed by atoms with E-state index in [1.807, 2.05) is 0 Å². The van der Waals surface area contributed by atoms with Gasteiger partial charge < -0.3 is 5.32 Å². The molecule has 1 N–H and O–H groups in total. The zero-order valence-corrected chi connectivity index (χ0v) is 11.5. The van der Waals surface area contributed by atoms with Crippen molar-refractivity contribution in [1.29, 1.82) is 0 Å². The summed E-state index contributed by atoms with van der Waals surface area (Å²) in [5.41, 5.74) is 1.44. The third-order valence-electron chi connectivity index (χ3n) is 3.48. The number of benzene rings is 1. The van der Waals surface area contributed by atoms with Gasteiger partial charge in [0.05, 0.1) is 0 Å². The standard InChI is InChI=1S/C15H23NS/c1-2-17-15-9-8-14(12-15)16-11-10-13-6-4-3-5-7-13/h3-7,14-16H,2,8-12H2,1H3. The smallest absolute Gasteiger partial charge is 0.00781 e. The van der Waals surface area contributed by atoms with Gasteiger partial charge in [-0.15, -0.1) is 0 Å². The number of nitrogens with one attached hydrogen (secondary N) is 1. The van der Waals surface area contributed by atoms with Crippen molar-refractivity contribution in [2.45, 2.75) is 43.9 Å². The summed E-state index contributed by atoms with van der Waals surface area (Å²) in [5.74, 6) is 1.27. The van der Waals surface area contributed by atoms with Gasteiger partial charge in [0.15, 0.2) is 0 Å². The molecule has 1 saturated carbocycles. The van der Waals surface area contributed by atoms with E-state index in [1.54, 1.807) is 0 Å². The maximum Gasteiger partial charge on any atom is 0.00781 e. The molecule has 17 heavy (non-hydrogen) atoms. The van der Waals surface area contributed by atoms with Crippen LogP contribution in [-0.4, -0.2) is 23.6 Å². The molecule has 1 aromatic rings. The first kappa shape index (κ1) is 13.0. The maximum absolute atomic E-state index is 3.71. The quantitative estimate of drug-likeness (QED) is 0.828. The second kappa shape index (κ2) is 7.07. The summed E-state index contributed by atoms with van der Waals surface area (Å²) in [6, 6.07) is 11.5. The molecule has 0 bridgehead atoms. The summed E-state index contributed by atoms with van der Waals surface area (Å²) in [7, 11) is 0. The summed E-state index contributed by atoms with van der Waals surface area (Å²) in [6.07, 6.45) is 5.30. The predicted octanol–water partition coefficient (Wildman–Crippen LogP) is 3.49. The van der Waals surface area contributed by atoms with Crippen LogP contribution in [0.1, 0.15) is 31.7 Å². The lowest BCUT2D eigenvalue weighted by Gasteiger charge is -2.12. The van der Waals surface area contributed by atoms with Crippen molar-refractivity contribution in [1.82, 2.24) is 5.32 Å². The van der Waals surface area contributed by atoms with Crippen LogP contribution in [0.3, 0.4) is 0 Å². The molecule has 1 aliphatic rings. The lowest BCUT2D eigenvalue weighted by Crippen LogP contribution is -2.28. The minimum absolute atomic E-state index is 0.766. The summed E-state index contributed by atoms with van der Waals surface area (Å²) >= 11 is 2.13. The van der Waals surface area contributed by atoms with E-state index in [9.17, 15) is 0 Å². The third kappa shape index (κ3) is 4.36. The molecule has 0 spiro atoms. The molecular formula is C15H23NS. The molecule has 1 aromatic carbocycles. The molecule has 0 radical (unpaired) electrons. The van der Waals surface area contributed by atoms with Gasteiger partial charge in [-0.25, -0.2) is 0 Å². The van der Waals surface area contributed by atoms with Gasteiger partial charge in [-0.2, -0.15) is 11.8 Å². The summed E-state index contributed by atoms with van der Waals surface area (Å²) in [6.45, 7) is 3.39. The Hall–Kier alpha value is -0.470. The molecule has 2 unspecified atom stereocenters. The lowest BCUT2D eigenvalue weighted by molar-refractivity contribution is 0.528. The van der Waals surface area contributed by atoms with Crippen LogP contribution >= 0.6 is 11.8 Å². The van der Waals surface area contributed by atoms with E-state index in [2.05, 4.69) is 54.3 Å². The first-order chi connectivity index (χ1) is 8.38. The maximum atomic E-state index is 3.71. The molecule has 1 fully saturated rings. The highest BCUT2D eigenvalue weighted by Gasteiger charge is 2.23. The van der Waals surface area contributed by atoms with Gasteiger partial charge in [-0.05, 0) is 43.5 Å². The molecule has 2 heteroatoms. The summed E-state index contributed by atoms with van der Waals surface area (Å²) in [4.78, 5) is 0. The Bertz CT molecular complexity index is 312. The largest absolute Gasteiger partial charge is 0.314 e. The van der Waals surface area contributed by atoms with Crippen molar-refractivity contribution < 1.29 is 0 Å². The monoisotopic (exact) mass is 249 g/mol. The SMILES string of the molecule is CCSC1CCC(NCCc2ccccc2)C1. The number of hydrogen-bond donors (Lipinski definition) is 1. The van der Waals surface area contributed by atoms with E-state index >= 15 is 0 Å². The Kier molecular flexibility index (Phi) is 5.40.